The molecule has 0 bridgehead atoms. The summed E-state index contributed by atoms with van der Waals surface area (Å²) in [6.45, 7) is 0. The zero-order valence-electron chi connectivity index (χ0n) is 13.5. The fraction of sp³-hybridized carbons (Fsp3) is 0.353. The highest BCUT2D eigenvalue weighted by Crippen LogP contribution is 2.30. The van der Waals surface area contributed by atoms with Gasteiger partial charge in [0.15, 0.2) is 5.82 Å². The van der Waals surface area contributed by atoms with E-state index in [-0.39, 0.29) is 17.1 Å². The summed E-state index contributed by atoms with van der Waals surface area (Å²) in [6.07, 6.45) is 5.97. The van der Waals surface area contributed by atoms with Crippen LogP contribution in [0.1, 0.15) is 25.7 Å². The van der Waals surface area contributed by atoms with Gasteiger partial charge in [-0.3, -0.25) is 5.10 Å². The molecule has 8 heteroatoms. The molecule has 2 heterocycles. The lowest BCUT2D eigenvalue weighted by atomic mass is 9.91. The number of hydrogen-bond donors (Lipinski definition) is 3. The molecular formula is C17H18ClFN6. The zero-order chi connectivity index (χ0) is 17.4. The van der Waals surface area contributed by atoms with E-state index < -0.39 is 5.82 Å². The number of benzene rings is 1. The number of fused-ring (bicyclic) bond motifs is 1. The van der Waals surface area contributed by atoms with Crippen LogP contribution < -0.4 is 11.1 Å². The van der Waals surface area contributed by atoms with Crippen molar-refractivity contribution < 1.29 is 4.39 Å². The lowest BCUT2D eigenvalue weighted by Gasteiger charge is -2.29. The summed E-state index contributed by atoms with van der Waals surface area (Å²) >= 11 is 5.86. The minimum Gasteiger partial charge on any atom is -0.364 e. The number of nitrogens with one attached hydrogen (secondary N) is 2. The minimum absolute atomic E-state index is 0.0535. The lowest BCUT2D eigenvalue weighted by Crippen LogP contribution is -2.42. The Morgan fingerprint density at radius 3 is 2.96 bits per heavy atom. The fourth-order valence-electron chi connectivity index (χ4n) is 3.28. The van der Waals surface area contributed by atoms with Gasteiger partial charge in [-0.2, -0.15) is 5.10 Å². The molecule has 0 unspecified atom stereocenters. The Labute approximate surface area is 149 Å². The molecule has 0 saturated heterocycles. The van der Waals surface area contributed by atoms with Crippen LogP contribution in [0.2, 0.25) is 5.02 Å². The van der Waals surface area contributed by atoms with Gasteiger partial charge in [-0.05, 0) is 25.0 Å². The Morgan fingerprint density at radius 1 is 1.28 bits per heavy atom. The van der Waals surface area contributed by atoms with Gasteiger partial charge in [-0.25, -0.2) is 14.4 Å². The third-order valence-corrected chi connectivity index (χ3v) is 4.93. The van der Waals surface area contributed by atoms with Gasteiger partial charge < -0.3 is 11.1 Å². The molecule has 2 aromatic heterocycles. The molecule has 0 aliphatic heterocycles. The van der Waals surface area contributed by atoms with Gasteiger partial charge in [-0.1, -0.05) is 30.5 Å². The van der Waals surface area contributed by atoms with Crippen LogP contribution in [0.15, 0.2) is 24.4 Å². The van der Waals surface area contributed by atoms with Crippen LogP contribution in [0.25, 0.3) is 22.4 Å². The molecule has 1 aliphatic rings. The molecule has 0 amide bonds. The molecule has 1 aromatic carbocycles. The molecule has 1 saturated carbocycles. The molecule has 6 nitrogen and oxygen atoms in total. The first kappa shape index (κ1) is 16.2. The van der Waals surface area contributed by atoms with Gasteiger partial charge in [0, 0.05) is 17.6 Å². The Morgan fingerprint density at radius 2 is 2.12 bits per heavy atom. The third kappa shape index (κ3) is 3.05. The fourth-order valence-corrected chi connectivity index (χ4v) is 3.45. The van der Waals surface area contributed by atoms with E-state index in [4.69, 9.17) is 17.3 Å². The number of rotatable bonds is 3. The van der Waals surface area contributed by atoms with Crippen LogP contribution in [0.4, 0.5) is 10.2 Å². The van der Waals surface area contributed by atoms with E-state index in [1.54, 1.807) is 18.3 Å². The highest BCUT2D eigenvalue weighted by atomic mass is 35.5. The molecule has 4 N–H and O–H groups in total. The Bertz CT molecular complexity index is 911. The Kier molecular flexibility index (Phi) is 4.27. The monoisotopic (exact) mass is 360 g/mol. The molecule has 2 atom stereocenters. The summed E-state index contributed by atoms with van der Waals surface area (Å²) in [5, 5.41) is 10.4. The predicted octanol–water partition coefficient (Wildman–Crippen LogP) is 3.49. The van der Waals surface area contributed by atoms with Crippen LogP contribution in [-0.4, -0.2) is 32.2 Å². The quantitative estimate of drug-likeness (QED) is 0.664. The standard InChI is InChI=1S/C17H18ClFN6/c18-10-5-3-4-9(14(10)19)15-16-17(25-24-15)23-13(8-21-16)22-12-7-2-1-6-11(12)20/h3-5,8,11-12H,1-2,6-7,20H2,(H2,22,23,24,25)/t11-,12-/m1/s1. The molecule has 4 rings (SSSR count). The average molecular weight is 361 g/mol. The number of nitrogens with zero attached hydrogens (tertiary/aromatic N) is 3. The number of aromatic nitrogens is 4. The van der Waals surface area contributed by atoms with Crippen LogP contribution in [0.5, 0.6) is 0 Å². The number of nitrogens with two attached hydrogens (primary N) is 1. The maximum Gasteiger partial charge on any atom is 0.202 e. The molecule has 1 aliphatic carbocycles. The van der Waals surface area contributed by atoms with Gasteiger partial charge in [-0.15, -0.1) is 0 Å². The topological polar surface area (TPSA) is 92.5 Å². The second-order valence-corrected chi connectivity index (χ2v) is 6.73. The van der Waals surface area contributed by atoms with Crippen molar-refractivity contribution in [1.82, 2.24) is 20.2 Å². The first-order valence-electron chi connectivity index (χ1n) is 8.31. The van der Waals surface area contributed by atoms with Crippen molar-refractivity contribution in [2.24, 2.45) is 5.73 Å². The van der Waals surface area contributed by atoms with Crippen molar-refractivity contribution in [3.05, 3.63) is 35.2 Å². The van der Waals surface area contributed by atoms with Gasteiger partial charge in [0.2, 0.25) is 5.65 Å². The van der Waals surface area contributed by atoms with Crippen molar-refractivity contribution in [2.45, 2.75) is 37.8 Å². The maximum atomic E-state index is 14.3. The van der Waals surface area contributed by atoms with Crippen LogP contribution >= 0.6 is 11.6 Å². The third-order valence-electron chi connectivity index (χ3n) is 4.64. The second-order valence-electron chi connectivity index (χ2n) is 6.33. The molecule has 1 fully saturated rings. The van der Waals surface area contributed by atoms with Gasteiger partial charge in [0.25, 0.3) is 0 Å². The highest BCUT2D eigenvalue weighted by molar-refractivity contribution is 6.31. The summed E-state index contributed by atoms with van der Waals surface area (Å²) in [6, 6.07) is 5.11. The van der Waals surface area contributed by atoms with Crippen molar-refractivity contribution in [3.63, 3.8) is 0 Å². The van der Waals surface area contributed by atoms with Gasteiger partial charge in [0.1, 0.15) is 11.3 Å². The largest absolute Gasteiger partial charge is 0.364 e. The first-order valence-corrected chi connectivity index (χ1v) is 8.69. The smallest absolute Gasteiger partial charge is 0.202 e. The van der Waals surface area contributed by atoms with Crippen LogP contribution in [0, 0.1) is 5.82 Å². The number of aromatic amines is 1. The highest BCUT2D eigenvalue weighted by Gasteiger charge is 2.22. The van der Waals surface area contributed by atoms with Gasteiger partial charge >= 0.3 is 0 Å². The van der Waals surface area contributed by atoms with E-state index in [0.717, 1.165) is 25.7 Å². The summed E-state index contributed by atoms with van der Waals surface area (Å²) in [5.74, 6) is 0.117. The van der Waals surface area contributed by atoms with Crippen molar-refractivity contribution in [2.75, 3.05) is 5.32 Å². The molecule has 0 radical (unpaired) electrons. The average Bonchev–Trinajstić information content (AvgIpc) is 3.02. The predicted molar refractivity (Wildman–Crippen MR) is 95.9 cm³/mol. The zero-order valence-corrected chi connectivity index (χ0v) is 14.2. The summed E-state index contributed by atoms with van der Waals surface area (Å²) in [4.78, 5) is 8.88. The number of anilines is 1. The van der Waals surface area contributed by atoms with E-state index in [2.05, 4.69) is 25.5 Å². The summed E-state index contributed by atoms with van der Waals surface area (Å²) < 4.78 is 14.3. The minimum atomic E-state index is -0.508. The van der Waals surface area contributed by atoms with Crippen molar-refractivity contribution in [3.8, 4) is 11.3 Å². The number of H-pyrrole nitrogens is 1. The number of halogens is 2. The van der Waals surface area contributed by atoms with Crippen molar-refractivity contribution >= 4 is 28.6 Å². The Hall–Kier alpha value is -2.25. The number of hydrogen-bond acceptors (Lipinski definition) is 5. The van der Waals surface area contributed by atoms with Gasteiger partial charge in [0.05, 0.1) is 16.9 Å². The SMILES string of the molecule is N[C@@H]1CCCC[C@H]1Nc1cnc2c(-c3cccc(Cl)c3F)[nH]nc2n1. The molecular weight excluding hydrogens is 343 g/mol. The molecule has 3 aromatic rings. The molecule has 25 heavy (non-hydrogen) atoms. The van der Waals surface area contributed by atoms with E-state index >= 15 is 0 Å². The molecule has 130 valence electrons. The van der Waals surface area contributed by atoms with E-state index in [1.165, 1.54) is 6.07 Å². The van der Waals surface area contributed by atoms with E-state index in [1.807, 2.05) is 0 Å². The van der Waals surface area contributed by atoms with E-state index in [9.17, 15) is 4.39 Å². The summed E-state index contributed by atoms with van der Waals surface area (Å²) in [7, 11) is 0. The molecule has 0 spiro atoms. The van der Waals surface area contributed by atoms with Crippen LogP contribution in [0.3, 0.4) is 0 Å². The van der Waals surface area contributed by atoms with Crippen molar-refractivity contribution in [1.29, 1.82) is 0 Å². The Balaban J connectivity index is 1.66. The summed E-state index contributed by atoms with van der Waals surface area (Å²) in [5.41, 5.74) is 7.86. The second kappa shape index (κ2) is 6.57. The lowest BCUT2D eigenvalue weighted by molar-refractivity contribution is 0.403. The first-order chi connectivity index (χ1) is 12.1. The van der Waals surface area contributed by atoms with Crippen LogP contribution in [-0.2, 0) is 0 Å². The normalized spacial score (nSPS) is 20.8. The van der Waals surface area contributed by atoms with E-state index in [0.29, 0.717) is 28.2 Å². The maximum absolute atomic E-state index is 14.3.